The number of rotatable bonds is 2. The summed E-state index contributed by atoms with van der Waals surface area (Å²) in [5.41, 5.74) is 2.44. The van der Waals surface area contributed by atoms with E-state index in [1.54, 1.807) is 0 Å². The molecule has 0 spiro atoms. The van der Waals surface area contributed by atoms with E-state index in [2.05, 4.69) is 18.8 Å². The summed E-state index contributed by atoms with van der Waals surface area (Å²) in [4.78, 5) is 4.31. The van der Waals surface area contributed by atoms with Crippen LogP contribution >= 0.6 is 0 Å². The molecule has 0 aromatic carbocycles. The summed E-state index contributed by atoms with van der Waals surface area (Å²) >= 11 is 0. The fourth-order valence-electron chi connectivity index (χ4n) is 2.07. The van der Waals surface area contributed by atoms with Gasteiger partial charge in [-0.25, -0.2) is 4.98 Å². The molecule has 0 aliphatic heterocycles. The van der Waals surface area contributed by atoms with E-state index in [1.165, 1.54) is 43.2 Å². The molecular weight excluding hydrogens is 186 g/mol. The minimum absolute atomic E-state index is 0.395. The Morgan fingerprint density at radius 1 is 1.20 bits per heavy atom. The van der Waals surface area contributed by atoms with Crippen molar-refractivity contribution in [3.63, 3.8) is 0 Å². The van der Waals surface area contributed by atoms with Crippen LogP contribution in [0.3, 0.4) is 0 Å². The lowest BCUT2D eigenvalue weighted by molar-refractivity contribution is 0.147. The van der Waals surface area contributed by atoms with Crippen LogP contribution in [0.25, 0.3) is 0 Å². The molecule has 1 saturated carbocycles. The van der Waals surface area contributed by atoms with E-state index in [9.17, 15) is 0 Å². The summed E-state index contributed by atoms with van der Waals surface area (Å²) in [5, 5.41) is 0. The second kappa shape index (κ2) is 4.65. The van der Waals surface area contributed by atoms with Crippen molar-refractivity contribution >= 4 is 0 Å². The van der Waals surface area contributed by atoms with Crippen LogP contribution in [-0.4, -0.2) is 11.1 Å². The highest BCUT2D eigenvalue weighted by Gasteiger charge is 2.16. The third kappa shape index (κ3) is 2.49. The van der Waals surface area contributed by atoms with Gasteiger partial charge < -0.3 is 4.74 Å². The van der Waals surface area contributed by atoms with Gasteiger partial charge in [0.2, 0.25) is 5.88 Å². The number of hydrogen-bond acceptors (Lipinski definition) is 2. The number of aryl methyl sites for hydroxylation is 1. The monoisotopic (exact) mass is 205 g/mol. The van der Waals surface area contributed by atoms with Crippen LogP contribution in [0.5, 0.6) is 5.88 Å². The highest BCUT2D eigenvalue weighted by molar-refractivity contribution is 5.31. The van der Waals surface area contributed by atoms with Crippen LogP contribution in [0.2, 0.25) is 0 Å². The average molecular weight is 205 g/mol. The van der Waals surface area contributed by atoms with Crippen molar-refractivity contribution in [2.75, 3.05) is 0 Å². The van der Waals surface area contributed by atoms with Gasteiger partial charge in [0.15, 0.2) is 0 Å². The number of ether oxygens (including phenoxy) is 1. The second-order valence-corrected chi connectivity index (χ2v) is 4.44. The third-order valence-corrected chi connectivity index (χ3v) is 3.26. The number of hydrogen-bond donors (Lipinski definition) is 0. The minimum Gasteiger partial charge on any atom is -0.474 e. The van der Waals surface area contributed by atoms with Crippen LogP contribution in [0, 0.1) is 13.8 Å². The predicted octanol–water partition coefficient (Wildman–Crippen LogP) is 3.41. The van der Waals surface area contributed by atoms with Crippen molar-refractivity contribution in [3.8, 4) is 5.88 Å². The van der Waals surface area contributed by atoms with Crippen molar-refractivity contribution in [2.45, 2.75) is 52.1 Å². The predicted molar refractivity (Wildman–Crippen MR) is 61.2 cm³/mol. The highest BCUT2D eigenvalue weighted by atomic mass is 16.5. The Bertz CT molecular complexity index is 329. The standard InChI is InChI=1S/C13H19NO/c1-10-8-9-14-13(11(10)2)15-12-6-4-3-5-7-12/h8-9,12H,3-7H2,1-2H3. The first-order chi connectivity index (χ1) is 7.27. The smallest absolute Gasteiger partial charge is 0.216 e. The molecule has 0 radical (unpaired) electrons. The molecular formula is C13H19NO. The minimum atomic E-state index is 0.395. The van der Waals surface area contributed by atoms with Gasteiger partial charge in [0, 0.05) is 11.8 Å². The van der Waals surface area contributed by atoms with E-state index >= 15 is 0 Å². The van der Waals surface area contributed by atoms with Crippen LogP contribution in [0.1, 0.15) is 43.2 Å². The zero-order valence-electron chi connectivity index (χ0n) is 9.62. The summed E-state index contributed by atoms with van der Waals surface area (Å²) in [7, 11) is 0. The van der Waals surface area contributed by atoms with E-state index in [4.69, 9.17) is 4.74 Å². The number of nitrogens with zero attached hydrogens (tertiary/aromatic N) is 1. The second-order valence-electron chi connectivity index (χ2n) is 4.44. The molecule has 2 nitrogen and oxygen atoms in total. The molecule has 1 aliphatic carbocycles. The van der Waals surface area contributed by atoms with Crippen molar-refractivity contribution < 1.29 is 4.74 Å². The van der Waals surface area contributed by atoms with Crippen molar-refractivity contribution in [3.05, 3.63) is 23.4 Å². The maximum Gasteiger partial charge on any atom is 0.216 e. The number of pyridine rings is 1. The molecule has 0 bridgehead atoms. The van der Waals surface area contributed by atoms with E-state index in [-0.39, 0.29) is 0 Å². The van der Waals surface area contributed by atoms with Gasteiger partial charge in [-0.3, -0.25) is 0 Å². The first-order valence-electron chi connectivity index (χ1n) is 5.86. The van der Waals surface area contributed by atoms with Gasteiger partial charge >= 0.3 is 0 Å². The van der Waals surface area contributed by atoms with Gasteiger partial charge in [-0.15, -0.1) is 0 Å². The zero-order chi connectivity index (χ0) is 10.7. The molecule has 0 N–H and O–H groups in total. The van der Waals surface area contributed by atoms with Gasteiger partial charge in [-0.05, 0) is 51.2 Å². The molecule has 2 rings (SSSR count). The van der Waals surface area contributed by atoms with Gasteiger partial charge in [-0.1, -0.05) is 6.42 Å². The van der Waals surface area contributed by atoms with Gasteiger partial charge in [-0.2, -0.15) is 0 Å². The van der Waals surface area contributed by atoms with Crippen molar-refractivity contribution in [1.29, 1.82) is 0 Å². The van der Waals surface area contributed by atoms with Crippen LogP contribution < -0.4 is 4.74 Å². The fourth-order valence-corrected chi connectivity index (χ4v) is 2.07. The Kier molecular flexibility index (Phi) is 3.24. The van der Waals surface area contributed by atoms with Crippen LogP contribution in [-0.2, 0) is 0 Å². The SMILES string of the molecule is Cc1ccnc(OC2CCCCC2)c1C. The molecule has 2 heteroatoms. The molecule has 1 aromatic rings. The summed E-state index contributed by atoms with van der Waals surface area (Å²) in [6.07, 6.45) is 8.57. The molecule has 0 atom stereocenters. The normalized spacial score (nSPS) is 17.7. The van der Waals surface area contributed by atoms with E-state index in [0.29, 0.717) is 6.10 Å². The van der Waals surface area contributed by atoms with Crippen LogP contribution in [0.4, 0.5) is 0 Å². The molecule has 82 valence electrons. The molecule has 15 heavy (non-hydrogen) atoms. The van der Waals surface area contributed by atoms with Gasteiger partial charge in [0.1, 0.15) is 6.10 Å². The molecule has 0 saturated heterocycles. The third-order valence-electron chi connectivity index (χ3n) is 3.26. The van der Waals surface area contributed by atoms with Crippen molar-refractivity contribution in [2.24, 2.45) is 0 Å². The first-order valence-corrected chi connectivity index (χ1v) is 5.86. The average Bonchev–Trinajstić information content (AvgIpc) is 2.26. The summed E-state index contributed by atoms with van der Waals surface area (Å²) in [6, 6.07) is 2.03. The zero-order valence-corrected chi connectivity index (χ0v) is 9.62. The van der Waals surface area contributed by atoms with Gasteiger partial charge in [0.25, 0.3) is 0 Å². The molecule has 1 aliphatic rings. The molecule has 1 aromatic heterocycles. The number of aromatic nitrogens is 1. The lowest BCUT2D eigenvalue weighted by Gasteiger charge is -2.23. The lowest BCUT2D eigenvalue weighted by atomic mass is 9.98. The topological polar surface area (TPSA) is 22.1 Å². The molecule has 1 fully saturated rings. The lowest BCUT2D eigenvalue weighted by Crippen LogP contribution is -2.20. The maximum absolute atomic E-state index is 5.96. The summed E-state index contributed by atoms with van der Waals surface area (Å²) < 4.78 is 5.96. The Balaban J connectivity index is 2.06. The maximum atomic E-state index is 5.96. The van der Waals surface area contributed by atoms with Crippen LogP contribution in [0.15, 0.2) is 12.3 Å². The molecule has 0 unspecified atom stereocenters. The molecule has 1 heterocycles. The Morgan fingerprint density at radius 3 is 2.67 bits per heavy atom. The first kappa shape index (κ1) is 10.5. The van der Waals surface area contributed by atoms with E-state index < -0.39 is 0 Å². The Hall–Kier alpha value is -1.05. The highest BCUT2D eigenvalue weighted by Crippen LogP contribution is 2.25. The van der Waals surface area contributed by atoms with Crippen molar-refractivity contribution in [1.82, 2.24) is 4.98 Å². The summed E-state index contributed by atoms with van der Waals surface area (Å²) in [6.45, 7) is 4.19. The van der Waals surface area contributed by atoms with E-state index in [1.807, 2.05) is 12.3 Å². The quantitative estimate of drug-likeness (QED) is 0.738. The van der Waals surface area contributed by atoms with Gasteiger partial charge in [0.05, 0.1) is 0 Å². The molecule has 0 amide bonds. The Morgan fingerprint density at radius 2 is 1.93 bits per heavy atom. The van der Waals surface area contributed by atoms with E-state index in [0.717, 1.165) is 5.88 Å². The summed E-state index contributed by atoms with van der Waals surface area (Å²) in [5.74, 6) is 0.835. The fraction of sp³-hybridized carbons (Fsp3) is 0.615. The Labute approximate surface area is 91.7 Å². The largest absolute Gasteiger partial charge is 0.474 e.